The van der Waals surface area contributed by atoms with Gasteiger partial charge >= 0.3 is 5.97 Å². The molecule has 0 saturated heterocycles. The first kappa shape index (κ1) is 14.5. The van der Waals surface area contributed by atoms with E-state index in [2.05, 4.69) is 15.9 Å². The number of benzene rings is 2. The summed E-state index contributed by atoms with van der Waals surface area (Å²) < 4.78 is 6.01. The Morgan fingerprint density at radius 1 is 1.00 bits per heavy atom. The third kappa shape index (κ3) is 4.07. The van der Waals surface area contributed by atoms with Crippen LogP contribution in [0.1, 0.15) is 28.4 Å². The van der Waals surface area contributed by atoms with Crippen molar-refractivity contribution in [3.8, 4) is 0 Å². The molecule has 0 saturated carbocycles. The van der Waals surface area contributed by atoms with Crippen molar-refractivity contribution in [3.05, 3.63) is 69.7 Å². The van der Waals surface area contributed by atoms with E-state index in [1.807, 2.05) is 48.6 Å². The van der Waals surface area contributed by atoms with Gasteiger partial charge in [0.25, 0.3) is 0 Å². The predicted octanol–water partition coefficient (Wildman–Crippen LogP) is 4.80. The average Bonchev–Trinajstić information content (AvgIpc) is 2.47. The van der Waals surface area contributed by atoms with Crippen molar-refractivity contribution in [3.63, 3.8) is 0 Å². The van der Waals surface area contributed by atoms with Gasteiger partial charge in [0.15, 0.2) is 0 Å². The van der Waals surface area contributed by atoms with Gasteiger partial charge in [-0.25, -0.2) is 4.79 Å². The van der Waals surface area contributed by atoms with Crippen LogP contribution in [0.3, 0.4) is 0 Å². The summed E-state index contributed by atoms with van der Waals surface area (Å²) in [7, 11) is 0. The molecule has 0 amide bonds. The molecule has 0 radical (unpaired) electrons. The fourth-order valence-electron chi connectivity index (χ4n) is 1.71. The highest BCUT2D eigenvalue weighted by molar-refractivity contribution is 9.10. The fraction of sp³-hybridized carbons (Fsp3) is 0.118. The Labute approximate surface area is 127 Å². The molecule has 20 heavy (non-hydrogen) atoms. The largest absolute Gasteiger partial charge is 0.462 e. The Bertz CT molecular complexity index is 598. The summed E-state index contributed by atoms with van der Waals surface area (Å²) >= 11 is 3.41. The summed E-state index contributed by atoms with van der Waals surface area (Å²) in [6.45, 7) is 2.19. The van der Waals surface area contributed by atoms with Crippen LogP contribution in [0.25, 0.3) is 12.2 Å². The summed E-state index contributed by atoms with van der Waals surface area (Å²) in [6, 6.07) is 15.4. The zero-order chi connectivity index (χ0) is 14.4. The topological polar surface area (TPSA) is 26.3 Å². The minimum Gasteiger partial charge on any atom is -0.462 e. The van der Waals surface area contributed by atoms with E-state index in [4.69, 9.17) is 4.74 Å². The van der Waals surface area contributed by atoms with Crippen LogP contribution in [-0.4, -0.2) is 12.6 Å². The van der Waals surface area contributed by atoms with E-state index in [1.165, 1.54) is 0 Å². The highest BCUT2D eigenvalue weighted by atomic mass is 79.9. The molecule has 0 aromatic heterocycles. The SMILES string of the molecule is CCOC(=O)c1ccc(/C=C/c2ccc(Br)cc2)cc1. The maximum atomic E-state index is 11.5. The summed E-state index contributed by atoms with van der Waals surface area (Å²) in [5.74, 6) is -0.282. The van der Waals surface area contributed by atoms with E-state index in [0.717, 1.165) is 15.6 Å². The Hall–Kier alpha value is -1.87. The molecule has 0 bridgehead atoms. The van der Waals surface area contributed by atoms with Crippen LogP contribution in [0.15, 0.2) is 53.0 Å². The van der Waals surface area contributed by atoms with Gasteiger partial charge in [0.1, 0.15) is 0 Å². The standard InChI is InChI=1S/C17H15BrO2/c1-2-20-17(19)15-9-5-13(6-10-15)3-4-14-7-11-16(18)12-8-14/h3-12H,2H2,1H3/b4-3+. The van der Waals surface area contributed by atoms with E-state index in [9.17, 15) is 4.79 Å². The van der Waals surface area contributed by atoms with Gasteiger partial charge in [-0.05, 0) is 42.3 Å². The molecular formula is C17H15BrO2. The van der Waals surface area contributed by atoms with Crippen molar-refractivity contribution >= 4 is 34.1 Å². The lowest BCUT2D eigenvalue weighted by Gasteiger charge is -2.01. The molecule has 0 aliphatic rings. The number of hydrogen-bond acceptors (Lipinski definition) is 2. The third-order valence-corrected chi connectivity index (χ3v) is 3.29. The molecule has 0 heterocycles. The van der Waals surface area contributed by atoms with Crippen molar-refractivity contribution in [2.45, 2.75) is 6.92 Å². The van der Waals surface area contributed by atoms with Crippen molar-refractivity contribution in [2.75, 3.05) is 6.61 Å². The third-order valence-electron chi connectivity index (χ3n) is 2.76. The number of carbonyl (C=O) groups is 1. The lowest BCUT2D eigenvalue weighted by molar-refractivity contribution is 0.0526. The van der Waals surface area contributed by atoms with Gasteiger partial charge in [-0.15, -0.1) is 0 Å². The van der Waals surface area contributed by atoms with E-state index in [1.54, 1.807) is 19.1 Å². The first-order chi connectivity index (χ1) is 9.69. The molecule has 0 aliphatic carbocycles. The molecule has 2 rings (SSSR count). The van der Waals surface area contributed by atoms with Crippen molar-refractivity contribution in [1.29, 1.82) is 0 Å². The average molecular weight is 331 g/mol. The van der Waals surface area contributed by atoms with E-state index in [0.29, 0.717) is 12.2 Å². The first-order valence-electron chi connectivity index (χ1n) is 6.40. The molecule has 2 aromatic carbocycles. The molecule has 2 nitrogen and oxygen atoms in total. The van der Waals surface area contributed by atoms with Crippen LogP contribution in [0.2, 0.25) is 0 Å². The number of hydrogen-bond donors (Lipinski definition) is 0. The quantitative estimate of drug-likeness (QED) is 0.594. The van der Waals surface area contributed by atoms with Gasteiger partial charge in [0.2, 0.25) is 0 Å². The summed E-state index contributed by atoms with van der Waals surface area (Å²) in [5, 5.41) is 0. The molecule has 0 aliphatic heterocycles. The Balaban J connectivity index is 2.07. The zero-order valence-corrected chi connectivity index (χ0v) is 12.8. The fourth-order valence-corrected chi connectivity index (χ4v) is 1.98. The predicted molar refractivity (Wildman–Crippen MR) is 85.5 cm³/mol. The van der Waals surface area contributed by atoms with Gasteiger partial charge in [0, 0.05) is 4.47 Å². The second-order valence-electron chi connectivity index (χ2n) is 4.23. The molecule has 0 atom stereocenters. The van der Waals surface area contributed by atoms with Crippen LogP contribution in [0.4, 0.5) is 0 Å². The van der Waals surface area contributed by atoms with Crippen LogP contribution < -0.4 is 0 Å². The van der Waals surface area contributed by atoms with Crippen LogP contribution >= 0.6 is 15.9 Å². The van der Waals surface area contributed by atoms with Crippen molar-refractivity contribution in [1.82, 2.24) is 0 Å². The second-order valence-corrected chi connectivity index (χ2v) is 5.14. The van der Waals surface area contributed by atoms with Gasteiger partial charge in [-0.1, -0.05) is 52.3 Å². The molecule has 0 fully saturated rings. The van der Waals surface area contributed by atoms with Gasteiger partial charge in [-0.2, -0.15) is 0 Å². The molecule has 0 unspecified atom stereocenters. The number of halogens is 1. The number of esters is 1. The molecular weight excluding hydrogens is 316 g/mol. The minimum absolute atomic E-state index is 0.282. The van der Waals surface area contributed by atoms with E-state index < -0.39 is 0 Å². The highest BCUT2D eigenvalue weighted by Crippen LogP contribution is 2.14. The molecule has 0 N–H and O–H groups in total. The van der Waals surface area contributed by atoms with Crippen LogP contribution in [-0.2, 0) is 4.74 Å². The Morgan fingerprint density at radius 2 is 1.50 bits per heavy atom. The molecule has 3 heteroatoms. The monoisotopic (exact) mass is 330 g/mol. The normalized spacial score (nSPS) is 10.7. The van der Waals surface area contributed by atoms with Crippen LogP contribution in [0, 0.1) is 0 Å². The smallest absolute Gasteiger partial charge is 0.338 e. The Kier molecular flexibility index (Phi) is 5.13. The van der Waals surface area contributed by atoms with Gasteiger partial charge in [-0.3, -0.25) is 0 Å². The van der Waals surface area contributed by atoms with Crippen molar-refractivity contribution < 1.29 is 9.53 Å². The molecule has 2 aromatic rings. The first-order valence-corrected chi connectivity index (χ1v) is 7.19. The maximum Gasteiger partial charge on any atom is 0.338 e. The zero-order valence-electron chi connectivity index (χ0n) is 11.2. The lowest BCUT2D eigenvalue weighted by atomic mass is 10.1. The maximum absolute atomic E-state index is 11.5. The summed E-state index contributed by atoms with van der Waals surface area (Å²) in [5.41, 5.74) is 2.75. The van der Waals surface area contributed by atoms with E-state index in [-0.39, 0.29) is 5.97 Å². The second kappa shape index (κ2) is 7.06. The van der Waals surface area contributed by atoms with Crippen LogP contribution in [0.5, 0.6) is 0 Å². The van der Waals surface area contributed by atoms with Gasteiger partial charge in [0.05, 0.1) is 12.2 Å². The summed E-state index contributed by atoms with van der Waals surface area (Å²) in [6.07, 6.45) is 4.05. The van der Waals surface area contributed by atoms with Gasteiger partial charge < -0.3 is 4.74 Å². The lowest BCUT2D eigenvalue weighted by Crippen LogP contribution is -2.03. The molecule has 102 valence electrons. The highest BCUT2D eigenvalue weighted by Gasteiger charge is 2.04. The molecule has 0 spiro atoms. The number of carbonyl (C=O) groups excluding carboxylic acids is 1. The Morgan fingerprint density at radius 3 is 2.00 bits per heavy atom. The minimum atomic E-state index is -0.282. The summed E-state index contributed by atoms with van der Waals surface area (Å²) in [4.78, 5) is 11.5. The number of ether oxygens (including phenoxy) is 1. The number of rotatable bonds is 4. The van der Waals surface area contributed by atoms with E-state index >= 15 is 0 Å². The van der Waals surface area contributed by atoms with Crippen molar-refractivity contribution in [2.24, 2.45) is 0 Å².